The number of nitro benzene ring substituents is 1. The molecule has 0 radical (unpaired) electrons. The van der Waals surface area contributed by atoms with Gasteiger partial charge >= 0.3 is 5.97 Å². The molecular formula is C23H22N4O6. The fourth-order valence-electron chi connectivity index (χ4n) is 3.90. The summed E-state index contributed by atoms with van der Waals surface area (Å²) in [6, 6.07) is 14.4. The maximum atomic E-state index is 12.5. The van der Waals surface area contributed by atoms with Gasteiger partial charge in [0.05, 0.1) is 40.8 Å². The lowest BCUT2D eigenvalue weighted by Crippen LogP contribution is -2.36. The highest BCUT2D eigenvalue weighted by molar-refractivity contribution is 5.97. The normalized spacial score (nSPS) is 13.5. The lowest BCUT2D eigenvalue weighted by atomic mass is 10.0. The van der Waals surface area contributed by atoms with Crippen molar-refractivity contribution in [1.82, 2.24) is 4.98 Å². The highest BCUT2D eigenvalue weighted by Crippen LogP contribution is 2.36. The maximum Gasteiger partial charge on any atom is 0.338 e. The molecule has 170 valence electrons. The number of aromatic amines is 1. The average Bonchev–Trinajstić information content (AvgIpc) is 2.83. The van der Waals surface area contributed by atoms with E-state index in [1.807, 2.05) is 18.2 Å². The second-order valence-corrected chi connectivity index (χ2v) is 7.56. The van der Waals surface area contributed by atoms with Gasteiger partial charge in [-0.3, -0.25) is 14.9 Å². The van der Waals surface area contributed by atoms with Crippen LogP contribution in [0.15, 0.2) is 59.4 Å². The molecule has 3 aromatic rings. The van der Waals surface area contributed by atoms with E-state index in [1.54, 1.807) is 30.1 Å². The largest absolute Gasteiger partial charge is 0.478 e. The smallest absolute Gasteiger partial charge is 0.338 e. The van der Waals surface area contributed by atoms with Crippen LogP contribution in [-0.4, -0.2) is 54.3 Å². The van der Waals surface area contributed by atoms with Gasteiger partial charge < -0.3 is 24.6 Å². The number of pyridine rings is 1. The molecule has 0 aliphatic carbocycles. The van der Waals surface area contributed by atoms with Crippen LogP contribution in [0.1, 0.15) is 10.4 Å². The van der Waals surface area contributed by atoms with E-state index in [0.29, 0.717) is 43.2 Å². The molecule has 1 fully saturated rings. The van der Waals surface area contributed by atoms with E-state index in [9.17, 15) is 24.8 Å². The molecule has 0 unspecified atom stereocenters. The molecule has 33 heavy (non-hydrogen) atoms. The number of hydrogen-bond donors (Lipinski definition) is 2. The predicted molar refractivity (Wildman–Crippen MR) is 124 cm³/mol. The van der Waals surface area contributed by atoms with Crippen LogP contribution in [0.2, 0.25) is 0 Å². The quantitative estimate of drug-likeness (QED) is 0.433. The van der Waals surface area contributed by atoms with Gasteiger partial charge in [0.15, 0.2) is 0 Å². The van der Waals surface area contributed by atoms with Crippen LogP contribution in [0.5, 0.6) is 0 Å². The van der Waals surface area contributed by atoms with Crippen LogP contribution in [0.3, 0.4) is 0 Å². The lowest BCUT2D eigenvalue weighted by molar-refractivity contribution is -0.384. The van der Waals surface area contributed by atoms with Crippen molar-refractivity contribution in [1.29, 1.82) is 0 Å². The number of hydrogen-bond acceptors (Lipinski definition) is 7. The van der Waals surface area contributed by atoms with Crippen molar-refractivity contribution in [3.63, 3.8) is 0 Å². The van der Waals surface area contributed by atoms with Gasteiger partial charge in [0, 0.05) is 49.6 Å². The predicted octanol–water partition coefficient (Wildman–Crippen LogP) is 3.25. The van der Waals surface area contributed by atoms with E-state index < -0.39 is 10.9 Å². The van der Waals surface area contributed by atoms with Gasteiger partial charge in [0.2, 0.25) is 5.56 Å². The minimum Gasteiger partial charge on any atom is -0.478 e. The van der Waals surface area contributed by atoms with Crippen molar-refractivity contribution in [2.45, 2.75) is 0 Å². The first-order valence-corrected chi connectivity index (χ1v) is 10.3. The molecule has 0 saturated carbocycles. The fraction of sp³-hybridized carbons (Fsp3) is 0.217. The van der Waals surface area contributed by atoms with Crippen LogP contribution in [0.25, 0.3) is 11.3 Å². The monoisotopic (exact) mass is 450 g/mol. The van der Waals surface area contributed by atoms with Crippen LogP contribution in [0.4, 0.5) is 22.7 Å². The minimum absolute atomic E-state index is 0.197. The number of morpholine rings is 1. The van der Waals surface area contributed by atoms with E-state index in [1.165, 1.54) is 12.1 Å². The summed E-state index contributed by atoms with van der Waals surface area (Å²) in [6.07, 6.45) is 0. The van der Waals surface area contributed by atoms with E-state index in [4.69, 9.17) is 4.74 Å². The van der Waals surface area contributed by atoms with Gasteiger partial charge in [-0.2, -0.15) is 0 Å². The van der Waals surface area contributed by atoms with Crippen LogP contribution in [0, 0.1) is 10.1 Å². The summed E-state index contributed by atoms with van der Waals surface area (Å²) in [4.78, 5) is 41.4. The number of nitrogens with one attached hydrogen (secondary N) is 1. The Morgan fingerprint density at radius 1 is 1.12 bits per heavy atom. The van der Waals surface area contributed by atoms with Crippen molar-refractivity contribution in [3.05, 3.63) is 80.6 Å². The standard InChI is InChI=1S/C23H22N4O6/c1-25(21-7-6-15(27(31)32)12-18(21)23(29)30)20-5-3-2-4-17(20)19-13-16(14-22(28)24-19)26-8-10-33-11-9-26/h2-7,12-14H,8-11H2,1H3,(H,24,28)(H,29,30). The molecule has 1 saturated heterocycles. The Morgan fingerprint density at radius 3 is 2.55 bits per heavy atom. The van der Waals surface area contributed by atoms with E-state index in [0.717, 1.165) is 11.8 Å². The second-order valence-electron chi connectivity index (χ2n) is 7.56. The number of anilines is 3. The SMILES string of the molecule is CN(c1ccc([N+](=O)[O-])cc1C(=O)O)c1ccccc1-c1cc(N2CCOCC2)cc(=O)[nH]1. The van der Waals surface area contributed by atoms with E-state index in [-0.39, 0.29) is 22.5 Å². The molecule has 0 amide bonds. The molecular weight excluding hydrogens is 428 g/mol. The first-order valence-electron chi connectivity index (χ1n) is 10.3. The number of aromatic nitrogens is 1. The number of non-ortho nitro benzene ring substituents is 1. The Morgan fingerprint density at radius 2 is 1.85 bits per heavy atom. The third kappa shape index (κ3) is 4.55. The summed E-state index contributed by atoms with van der Waals surface area (Å²) in [7, 11) is 1.68. The Balaban J connectivity index is 1.79. The number of carboxylic acid groups (broad SMARTS) is 1. The van der Waals surface area contributed by atoms with Crippen LogP contribution in [-0.2, 0) is 4.74 Å². The number of carbonyl (C=O) groups is 1. The fourth-order valence-corrected chi connectivity index (χ4v) is 3.90. The second kappa shape index (κ2) is 9.13. The molecule has 0 spiro atoms. The number of benzene rings is 2. The number of nitrogens with zero attached hydrogens (tertiary/aromatic N) is 3. The molecule has 4 rings (SSSR count). The lowest BCUT2D eigenvalue weighted by Gasteiger charge is -2.29. The first-order chi connectivity index (χ1) is 15.8. The summed E-state index contributed by atoms with van der Waals surface area (Å²) >= 11 is 0. The molecule has 1 aromatic heterocycles. The van der Waals surface area contributed by atoms with Crippen molar-refractivity contribution in [2.75, 3.05) is 43.2 Å². The maximum absolute atomic E-state index is 12.5. The number of H-pyrrole nitrogens is 1. The molecule has 10 nitrogen and oxygen atoms in total. The van der Waals surface area contributed by atoms with Gasteiger partial charge in [-0.1, -0.05) is 18.2 Å². The zero-order valence-corrected chi connectivity index (χ0v) is 17.9. The molecule has 1 aliphatic heterocycles. The molecule has 10 heteroatoms. The molecule has 2 N–H and O–H groups in total. The minimum atomic E-state index is -1.28. The number of ether oxygens (including phenoxy) is 1. The summed E-state index contributed by atoms with van der Waals surface area (Å²) in [6.45, 7) is 2.52. The Kier molecular flexibility index (Phi) is 6.09. The summed E-state index contributed by atoms with van der Waals surface area (Å²) in [5.41, 5.74) is 2.18. The van der Waals surface area contributed by atoms with Crippen LogP contribution >= 0.6 is 0 Å². The summed E-state index contributed by atoms with van der Waals surface area (Å²) in [5.74, 6) is -1.28. The van der Waals surface area contributed by atoms with Crippen molar-refractivity contribution in [2.24, 2.45) is 0 Å². The van der Waals surface area contributed by atoms with Crippen molar-refractivity contribution < 1.29 is 19.6 Å². The van der Waals surface area contributed by atoms with E-state index in [2.05, 4.69) is 9.88 Å². The Hall–Kier alpha value is -4.18. The highest BCUT2D eigenvalue weighted by atomic mass is 16.6. The Labute approximate surface area is 188 Å². The third-order valence-corrected chi connectivity index (χ3v) is 5.54. The van der Waals surface area contributed by atoms with Crippen LogP contribution < -0.4 is 15.4 Å². The van der Waals surface area contributed by atoms with Gasteiger partial charge in [-0.15, -0.1) is 0 Å². The van der Waals surface area contributed by atoms with Gasteiger partial charge in [-0.25, -0.2) is 4.79 Å². The number of nitro groups is 1. The molecule has 0 bridgehead atoms. The first kappa shape index (κ1) is 22.0. The topological polar surface area (TPSA) is 129 Å². The number of rotatable bonds is 6. The number of aromatic carboxylic acids is 1. The molecule has 2 heterocycles. The molecule has 1 aliphatic rings. The zero-order valence-electron chi connectivity index (χ0n) is 17.9. The highest BCUT2D eigenvalue weighted by Gasteiger charge is 2.21. The molecule has 2 aromatic carbocycles. The average molecular weight is 450 g/mol. The van der Waals surface area contributed by atoms with Gasteiger partial charge in [0.25, 0.3) is 5.69 Å². The summed E-state index contributed by atoms with van der Waals surface area (Å²) < 4.78 is 5.40. The zero-order chi connectivity index (χ0) is 23.5. The van der Waals surface area contributed by atoms with Crippen molar-refractivity contribution >= 4 is 28.7 Å². The number of carboxylic acids is 1. The Bertz CT molecular complexity index is 1270. The third-order valence-electron chi connectivity index (χ3n) is 5.54. The molecule has 0 atom stereocenters. The van der Waals surface area contributed by atoms with Gasteiger partial charge in [0.1, 0.15) is 0 Å². The number of para-hydroxylation sites is 1. The van der Waals surface area contributed by atoms with Crippen molar-refractivity contribution in [3.8, 4) is 11.3 Å². The van der Waals surface area contributed by atoms with Gasteiger partial charge in [-0.05, 0) is 18.2 Å². The van der Waals surface area contributed by atoms with E-state index >= 15 is 0 Å². The summed E-state index contributed by atoms with van der Waals surface area (Å²) in [5, 5.41) is 20.8.